The van der Waals surface area contributed by atoms with Crippen LogP contribution in [-0.4, -0.2) is 41.9 Å². The minimum absolute atomic E-state index is 0.109. The van der Waals surface area contributed by atoms with Gasteiger partial charge in [0.05, 0.1) is 12.3 Å². The van der Waals surface area contributed by atoms with E-state index in [2.05, 4.69) is 44.0 Å². The molecular weight excluding hydrogens is 214 g/mol. The van der Waals surface area contributed by atoms with Crippen molar-refractivity contribution in [2.24, 2.45) is 0 Å². The van der Waals surface area contributed by atoms with E-state index in [1.165, 1.54) is 0 Å². The molecule has 0 N–H and O–H groups in total. The van der Waals surface area contributed by atoms with Crippen molar-refractivity contribution in [1.29, 1.82) is 0 Å². The highest BCUT2D eigenvalue weighted by molar-refractivity contribution is 5.09. The van der Waals surface area contributed by atoms with Crippen molar-refractivity contribution in [3.05, 3.63) is 18.0 Å². The van der Waals surface area contributed by atoms with Gasteiger partial charge in [-0.25, -0.2) is 0 Å². The van der Waals surface area contributed by atoms with Crippen molar-refractivity contribution in [3.63, 3.8) is 0 Å². The summed E-state index contributed by atoms with van der Waals surface area (Å²) in [5.41, 5.74) is 1.16. The van der Waals surface area contributed by atoms with Crippen LogP contribution in [0.25, 0.3) is 0 Å². The number of hydrogen-bond donors (Lipinski definition) is 0. The van der Waals surface area contributed by atoms with Gasteiger partial charge in [0.2, 0.25) is 0 Å². The van der Waals surface area contributed by atoms with E-state index in [9.17, 15) is 0 Å². The SMILES string of the molecule is CCC(C)n1cc(C(CN(C)CC)OC)cn1. The maximum absolute atomic E-state index is 5.54. The maximum atomic E-state index is 5.54. The highest BCUT2D eigenvalue weighted by atomic mass is 16.5. The Balaban J connectivity index is 2.72. The Morgan fingerprint density at radius 3 is 2.71 bits per heavy atom. The molecule has 0 aromatic carbocycles. The summed E-state index contributed by atoms with van der Waals surface area (Å²) in [6.07, 6.45) is 5.22. The summed E-state index contributed by atoms with van der Waals surface area (Å²) in [6.45, 7) is 8.43. The quantitative estimate of drug-likeness (QED) is 0.732. The minimum Gasteiger partial charge on any atom is -0.375 e. The Bertz CT molecular complexity index is 324. The molecule has 0 aliphatic heterocycles. The van der Waals surface area contributed by atoms with Crippen molar-refractivity contribution < 1.29 is 4.74 Å². The number of aromatic nitrogens is 2. The molecule has 0 bridgehead atoms. The van der Waals surface area contributed by atoms with Gasteiger partial charge < -0.3 is 9.64 Å². The van der Waals surface area contributed by atoms with Crippen LogP contribution in [0.15, 0.2) is 12.4 Å². The Labute approximate surface area is 105 Å². The van der Waals surface area contributed by atoms with E-state index in [-0.39, 0.29) is 6.10 Å². The first-order valence-corrected chi connectivity index (χ1v) is 6.37. The molecular formula is C13H25N3O. The van der Waals surface area contributed by atoms with Gasteiger partial charge in [-0.2, -0.15) is 5.10 Å². The van der Waals surface area contributed by atoms with Gasteiger partial charge in [-0.1, -0.05) is 13.8 Å². The zero-order valence-corrected chi connectivity index (χ0v) is 11.7. The lowest BCUT2D eigenvalue weighted by Gasteiger charge is -2.20. The van der Waals surface area contributed by atoms with Crippen LogP contribution < -0.4 is 0 Å². The second-order valence-corrected chi connectivity index (χ2v) is 4.59. The molecule has 1 heterocycles. The van der Waals surface area contributed by atoms with Gasteiger partial charge in [-0.15, -0.1) is 0 Å². The third kappa shape index (κ3) is 3.82. The number of nitrogens with zero attached hydrogens (tertiary/aromatic N) is 3. The minimum atomic E-state index is 0.109. The van der Waals surface area contributed by atoms with Gasteiger partial charge in [0, 0.05) is 31.5 Å². The van der Waals surface area contributed by atoms with Crippen LogP contribution in [0, 0.1) is 0 Å². The fourth-order valence-corrected chi connectivity index (χ4v) is 1.68. The second-order valence-electron chi connectivity index (χ2n) is 4.59. The molecule has 4 nitrogen and oxygen atoms in total. The number of likely N-dealkylation sites (N-methyl/N-ethyl adjacent to an activating group) is 1. The molecule has 98 valence electrons. The number of methoxy groups -OCH3 is 1. The fourth-order valence-electron chi connectivity index (χ4n) is 1.68. The van der Waals surface area contributed by atoms with Crippen molar-refractivity contribution >= 4 is 0 Å². The summed E-state index contributed by atoms with van der Waals surface area (Å²) in [5.74, 6) is 0. The van der Waals surface area contributed by atoms with Crippen LogP contribution in [0.5, 0.6) is 0 Å². The molecule has 0 saturated carbocycles. The predicted molar refractivity (Wildman–Crippen MR) is 70.2 cm³/mol. The lowest BCUT2D eigenvalue weighted by Crippen LogP contribution is -2.25. The molecule has 0 aliphatic carbocycles. The van der Waals surface area contributed by atoms with Gasteiger partial charge >= 0.3 is 0 Å². The topological polar surface area (TPSA) is 30.3 Å². The van der Waals surface area contributed by atoms with E-state index >= 15 is 0 Å². The molecule has 0 fully saturated rings. The van der Waals surface area contributed by atoms with Gasteiger partial charge in [-0.3, -0.25) is 4.68 Å². The van der Waals surface area contributed by atoms with Crippen LogP contribution in [-0.2, 0) is 4.74 Å². The summed E-state index contributed by atoms with van der Waals surface area (Å²) in [4.78, 5) is 2.24. The fraction of sp³-hybridized carbons (Fsp3) is 0.769. The molecule has 0 radical (unpaired) electrons. The monoisotopic (exact) mass is 239 g/mol. The van der Waals surface area contributed by atoms with Crippen molar-refractivity contribution in [2.75, 3.05) is 27.2 Å². The first-order chi connectivity index (χ1) is 8.12. The average Bonchev–Trinajstić information content (AvgIpc) is 2.83. The Morgan fingerprint density at radius 1 is 1.47 bits per heavy atom. The molecule has 4 heteroatoms. The number of ether oxygens (including phenoxy) is 1. The molecule has 17 heavy (non-hydrogen) atoms. The Morgan fingerprint density at radius 2 is 2.18 bits per heavy atom. The van der Waals surface area contributed by atoms with E-state index in [1.807, 2.05) is 10.9 Å². The van der Waals surface area contributed by atoms with Gasteiger partial charge in [0.25, 0.3) is 0 Å². The summed E-state index contributed by atoms with van der Waals surface area (Å²) < 4.78 is 7.56. The zero-order valence-electron chi connectivity index (χ0n) is 11.7. The zero-order chi connectivity index (χ0) is 12.8. The van der Waals surface area contributed by atoms with Gasteiger partial charge in [0.15, 0.2) is 0 Å². The van der Waals surface area contributed by atoms with E-state index in [0.717, 1.165) is 25.1 Å². The van der Waals surface area contributed by atoms with Crippen LogP contribution in [0.3, 0.4) is 0 Å². The van der Waals surface area contributed by atoms with Crippen LogP contribution in [0.1, 0.15) is 44.9 Å². The molecule has 0 amide bonds. The molecule has 0 aliphatic rings. The van der Waals surface area contributed by atoms with E-state index < -0.39 is 0 Å². The largest absolute Gasteiger partial charge is 0.375 e. The van der Waals surface area contributed by atoms with Gasteiger partial charge in [-0.05, 0) is 26.9 Å². The lowest BCUT2D eigenvalue weighted by atomic mass is 10.2. The highest BCUT2D eigenvalue weighted by Gasteiger charge is 2.15. The molecule has 1 aromatic heterocycles. The summed E-state index contributed by atoms with van der Waals surface area (Å²) in [7, 11) is 3.86. The normalized spacial score (nSPS) is 15.2. The van der Waals surface area contributed by atoms with E-state index in [4.69, 9.17) is 4.74 Å². The predicted octanol–water partition coefficient (Wildman–Crippen LogP) is 2.49. The first-order valence-electron chi connectivity index (χ1n) is 6.37. The van der Waals surface area contributed by atoms with Crippen LogP contribution in [0.4, 0.5) is 0 Å². The standard InChI is InChI=1S/C13H25N3O/c1-6-11(3)16-9-12(8-14-16)13(17-5)10-15(4)7-2/h8-9,11,13H,6-7,10H2,1-5H3. The summed E-state index contributed by atoms with van der Waals surface area (Å²) >= 11 is 0. The smallest absolute Gasteiger partial charge is 0.0978 e. The van der Waals surface area contributed by atoms with Gasteiger partial charge in [0.1, 0.15) is 0 Å². The molecule has 1 rings (SSSR count). The van der Waals surface area contributed by atoms with Crippen molar-refractivity contribution in [2.45, 2.75) is 39.3 Å². The van der Waals surface area contributed by atoms with Crippen molar-refractivity contribution in [3.8, 4) is 0 Å². The Kier molecular flexibility index (Phi) is 5.65. The summed E-state index contributed by atoms with van der Waals surface area (Å²) in [6, 6.07) is 0.449. The molecule has 0 saturated heterocycles. The third-order valence-electron chi connectivity index (χ3n) is 3.34. The van der Waals surface area contributed by atoms with Crippen LogP contribution >= 0.6 is 0 Å². The molecule has 0 spiro atoms. The van der Waals surface area contributed by atoms with E-state index in [0.29, 0.717) is 6.04 Å². The molecule has 2 atom stereocenters. The highest BCUT2D eigenvalue weighted by Crippen LogP contribution is 2.19. The average molecular weight is 239 g/mol. The summed E-state index contributed by atoms with van der Waals surface area (Å²) in [5, 5.41) is 4.41. The first kappa shape index (κ1) is 14.2. The van der Waals surface area contributed by atoms with E-state index in [1.54, 1.807) is 7.11 Å². The molecule has 1 aromatic rings. The maximum Gasteiger partial charge on any atom is 0.0978 e. The Hall–Kier alpha value is -0.870. The van der Waals surface area contributed by atoms with Crippen LogP contribution in [0.2, 0.25) is 0 Å². The van der Waals surface area contributed by atoms with Crippen molar-refractivity contribution in [1.82, 2.24) is 14.7 Å². The number of rotatable bonds is 7. The second kappa shape index (κ2) is 6.77. The lowest BCUT2D eigenvalue weighted by molar-refractivity contribution is 0.0730. The third-order valence-corrected chi connectivity index (χ3v) is 3.34. The molecule has 2 unspecified atom stereocenters. The number of hydrogen-bond acceptors (Lipinski definition) is 3.